The molecule has 1 aromatic heterocycles. The van der Waals surface area contributed by atoms with Gasteiger partial charge in [-0.25, -0.2) is 4.39 Å². The van der Waals surface area contributed by atoms with Gasteiger partial charge in [0.25, 0.3) is 5.91 Å². The number of nitrogens with one attached hydrogen (secondary N) is 1. The predicted octanol–water partition coefficient (Wildman–Crippen LogP) is 2.95. The van der Waals surface area contributed by atoms with Crippen LogP contribution in [0, 0.1) is 12.7 Å². The van der Waals surface area contributed by atoms with Crippen LogP contribution in [0.3, 0.4) is 0 Å². The number of hydrogen-bond donors (Lipinski definition) is 1. The maximum absolute atomic E-state index is 13.3. The number of benzene rings is 2. The third kappa shape index (κ3) is 4.40. The van der Waals surface area contributed by atoms with Gasteiger partial charge >= 0.3 is 0 Å². The minimum Gasteiger partial charge on any atom is -0.368 e. The first kappa shape index (κ1) is 22.1. The zero-order valence-electron chi connectivity index (χ0n) is 19.3. The summed E-state index contributed by atoms with van der Waals surface area (Å²) >= 11 is 0. The molecule has 2 amide bonds. The maximum atomic E-state index is 13.3. The lowest BCUT2D eigenvalue weighted by atomic mass is 10.0. The monoisotopic (exact) mass is 461 g/mol. The number of hydrogen-bond acceptors (Lipinski definition) is 4. The summed E-state index contributed by atoms with van der Waals surface area (Å²) in [4.78, 5) is 32.1. The molecule has 5 rings (SSSR count). The third-order valence-electron chi connectivity index (χ3n) is 6.85. The smallest absolute Gasteiger partial charge is 0.274 e. The van der Waals surface area contributed by atoms with Crippen molar-refractivity contribution in [1.29, 1.82) is 0 Å². The van der Waals surface area contributed by atoms with Crippen molar-refractivity contribution in [3.8, 4) is 0 Å². The Morgan fingerprint density at radius 1 is 0.971 bits per heavy atom. The van der Waals surface area contributed by atoms with E-state index >= 15 is 0 Å². The molecule has 0 unspecified atom stereocenters. The molecule has 3 heterocycles. The van der Waals surface area contributed by atoms with E-state index in [1.54, 1.807) is 12.1 Å². The molecule has 2 aromatic carbocycles. The zero-order chi connectivity index (χ0) is 23.7. The molecule has 3 aromatic rings. The zero-order valence-corrected chi connectivity index (χ0v) is 19.3. The standard InChI is InChI=1S/C26H28FN5O2/c1-18-4-2-3-5-19(18)16-24(33)32-11-10-23-22(17-32)25(29-28-23)26(34)31-14-12-30(13-15-31)21-8-6-20(27)7-9-21/h2-9H,10-17H2,1H3,(H,28,29). The first-order chi connectivity index (χ1) is 16.5. The number of H-pyrrole nitrogens is 1. The van der Waals surface area contributed by atoms with Gasteiger partial charge in [-0.3, -0.25) is 14.7 Å². The number of aromatic amines is 1. The normalized spacial score (nSPS) is 15.9. The van der Waals surface area contributed by atoms with Gasteiger partial charge in [0.05, 0.1) is 6.42 Å². The Labute approximate surface area is 198 Å². The van der Waals surface area contributed by atoms with Gasteiger partial charge in [-0.15, -0.1) is 0 Å². The van der Waals surface area contributed by atoms with Gasteiger partial charge in [0.15, 0.2) is 5.69 Å². The summed E-state index contributed by atoms with van der Waals surface area (Å²) in [5, 5.41) is 7.37. The van der Waals surface area contributed by atoms with E-state index in [1.165, 1.54) is 12.1 Å². The number of aromatic nitrogens is 2. The van der Waals surface area contributed by atoms with Gasteiger partial charge in [-0.1, -0.05) is 24.3 Å². The van der Waals surface area contributed by atoms with Crippen LogP contribution in [-0.2, 0) is 24.2 Å². The number of amides is 2. The van der Waals surface area contributed by atoms with E-state index in [-0.39, 0.29) is 17.6 Å². The first-order valence-electron chi connectivity index (χ1n) is 11.7. The fourth-order valence-corrected chi connectivity index (χ4v) is 4.74. The average molecular weight is 462 g/mol. The van der Waals surface area contributed by atoms with Crippen LogP contribution in [0.5, 0.6) is 0 Å². The number of aryl methyl sites for hydroxylation is 1. The summed E-state index contributed by atoms with van der Waals surface area (Å²) in [5.74, 6) is -0.302. The number of carbonyl (C=O) groups excluding carboxylic acids is 2. The summed E-state index contributed by atoms with van der Waals surface area (Å²) < 4.78 is 13.2. The Morgan fingerprint density at radius 3 is 2.44 bits per heavy atom. The van der Waals surface area contributed by atoms with Gasteiger partial charge in [-0.2, -0.15) is 5.10 Å². The molecular formula is C26H28FN5O2. The highest BCUT2D eigenvalue weighted by atomic mass is 19.1. The van der Waals surface area contributed by atoms with Crippen molar-refractivity contribution in [3.63, 3.8) is 0 Å². The molecule has 1 saturated heterocycles. The Balaban J connectivity index is 1.24. The molecule has 0 saturated carbocycles. The molecule has 1 fully saturated rings. The SMILES string of the molecule is Cc1ccccc1CC(=O)N1CCc2[nH]nc(C(=O)N3CCN(c4ccc(F)cc4)CC3)c2C1. The van der Waals surface area contributed by atoms with E-state index in [2.05, 4.69) is 15.1 Å². The fourth-order valence-electron chi connectivity index (χ4n) is 4.74. The molecule has 0 atom stereocenters. The van der Waals surface area contributed by atoms with E-state index in [9.17, 15) is 14.0 Å². The molecule has 2 aliphatic rings. The quantitative estimate of drug-likeness (QED) is 0.649. The molecule has 176 valence electrons. The molecule has 7 nitrogen and oxygen atoms in total. The maximum Gasteiger partial charge on any atom is 0.274 e. The first-order valence-corrected chi connectivity index (χ1v) is 11.7. The fraction of sp³-hybridized carbons (Fsp3) is 0.346. The largest absolute Gasteiger partial charge is 0.368 e. The van der Waals surface area contributed by atoms with E-state index in [0.29, 0.717) is 57.8 Å². The second-order valence-electron chi connectivity index (χ2n) is 8.95. The lowest BCUT2D eigenvalue weighted by molar-refractivity contribution is -0.131. The Kier molecular flexibility index (Phi) is 6.04. The van der Waals surface area contributed by atoms with Gasteiger partial charge in [0.1, 0.15) is 5.82 Å². The number of rotatable bonds is 4. The van der Waals surface area contributed by atoms with Crippen molar-refractivity contribution in [1.82, 2.24) is 20.0 Å². The minimum absolute atomic E-state index is 0.0625. The number of halogens is 1. The molecule has 0 spiro atoms. The predicted molar refractivity (Wildman–Crippen MR) is 127 cm³/mol. The second-order valence-corrected chi connectivity index (χ2v) is 8.95. The van der Waals surface area contributed by atoms with E-state index < -0.39 is 0 Å². The number of fused-ring (bicyclic) bond motifs is 1. The van der Waals surface area contributed by atoms with Crippen LogP contribution < -0.4 is 4.90 Å². The molecule has 0 radical (unpaired) electrons. The van der Waals surface area contributed by atoms with Crippen LogP contribution in [0.15, 0.2) is 48.5 Å². The average Bonchev–Trinajstić information content (AvgIpc) is 3.29. The Bertz CT molecular complexity index is 1200. The van der Waals surface area contributed by atoms with E-state index in [1.807, 2.05) is 41.0 Å². The molecule has 34 heavy (non-hydrogen) atoms. The van der Waals surface area contributed by atoms with Crippen molar-refractivity contribution < 1.29 is 14.0 Å². The molecule has 2 aliphatic heterocycles. The summed E-state index contributed by atoms with van der Waals surface area (Å²) in [7, 11) is 0. The molecule has 0 aliphatic carbocycles. The molecule has 1 N–H and O–H groups in total. The highest BCUT2D eigenvalue weighted by Crippen LogP contribution is 2.24. The van der Waals surface area contributed by atoms with E-state index in [0.717, 1.165) is 28.1 Å². The number of anilines is 1. The Morgan fingerprint density at radius 2 is 1.71 bits per heavy atom. The number of piperazine rings is 1. The van der Waals surface area contributed by atoms with Crippen molar-refractivity contribution >= 4 is 17.5 Å². The van der Waals surface area contributed by atoms with Crippen LogP contribution in [0.2, 0.25) is 0 Å². The Hall–Kier alpha value is -3.68. The number of carbonyl (C=O) groups is 2. The van der Waals surface area contributed by atoms with Crippen molar-refractivity contribution in [3.05, 3.63) is 82.4 Å². The van der Waals surface area contributed by atoms with Gasteiger partial charge < -0.3 is 14.7 Å². The van der Waals surface area contributed by atoms with Crippen molar-refractivity contribution in [2.75, 3.05) is 37.6 Å². The molecule has 0 bridgehead atoms. The van der Waals surface area contributed by atoms with Crippen LogP contribution in [0.25, 0.3) is 0 Å². The lowest BCUT2D eigenvalue weighted by Crippen LogP contribution is -2.49. The lowest BCUT2D eigenvalue weighted by Gasteiger charge is -2.36. The highest BCUT2D eigenvalue weighted by Gasteiger charge is 2.31. The summed E-state index contributed by atoms with van der Waals surface area (Å²) in [5.41, 5.74) is 5.27. The second kappa shape index (κ2) is 9.29. The van der Waals surface area contributed by atoms with E-state index in [4.69, 9.17) is 0 Å². The van der Waals surface area contributed by atoms with Crippen LogP contribution >= 0.6 is 0 Å². The van der Waals surface area contributed by atoms with Gasteiger partial charge in [-0.05, 0) is 42.3 Å². The molecule has 8 heteroatoms. The van der Waals surface area contributed by atoms with Crippen LogP contribution in [0.1, 0.15) is 32.9 Å². The molecular weight excluding hydrogens is 433 g/mol. The van der Waals surface area contributed by atoms with Gasteiger partial charge in [0, 0.05) is 62.6 Å². The topological polar surface area (TPSA) is 72.5 Å². The number of nitrogens with zero attached hydrogens (tertiary/aromatic N) is 4. The highest BCUT2D eigenvalue weighted by molar-refractivity contribution is 5.94. The summed E-state index contributed by atoms with van der Waals surface area (Å²) in [6.07, 6.45) is 1.02. The van der Waals surface area contributed by atoms with Crippen molar-refractivity contribution in [2.45, 2.75) is 26.3 Å². The summed E-state index contributed by atoms with van der Waals surface area (Å²) in [6.45, 7) is 5.49. The summed E-state index contributed by atoms with van der Waals surface area (Å²) in [6, 6.07) is 14.4. The van der Waals surface area contributed by atoms with Crippen LogP contribution in [0.4, 0.5) is 10.1 Å². The van der Waals surface area contributed by atoms with Gasteiger partial charge in [0.2, 0.25) is 5.91 Å². The van der Waals surface area contributed by atoms with Crippen LogP contribution in [-0.4, -0.2) is 64.5 Å². The van der Waals surface area contributed by atoms with Crippen molar-refractivity contribution in [2.24, 2.45) is 0 Å². The third-order valence-corrected chi connectivity index (χ3v) is 6.85. The minimum atomic E-state index is -0.257.